The van der Waals surface area contributed by atoms with Crippen molar-refractivity contribution in [3.05, 3.63) is 29.3 Å². The minimum atomic E-state index is -0.916. The molecule has 0 aromatic heterocycles. The highest BCUT2D eigenvalue weighted by Gasteiger charge is 2.14. The third-order valence-electron chi connectivity index (χ3n) is 1.97. The second-order valence-corrected chi connectivity index (χ2v) is 3.55. The van der Waals surface area contributed by atoms with Crippen LogP contribution in [0.1, 0.15) is 28.8 Å². The van der Waals surface area contributed by atoms with Crippen LogP contribution < -0.4 is 0 Å². The van der Waals surface area contributed by atoms with E-state index in [4.69, 9.17) is 5.11 Å². The Morgan fingerprint density at radius 1 is 1.50 bits per heavy atom. The summed E-state index contributed by atoms with van der Waals surface area (Å²) in [5, 5.41) is 8.78. The minimum absolute atomic E-state index is 0.445. The Morgan fingerprint density at radius 3 is 2.64 bits per heavy atom. The molecule has 3 nitrogen and oxygen atoms in total. The highest BCUT2D eigenvalue weighted by Crippen LogP contribution is 2.20. The summed E-state index contributed by atoms with van der Waals surface area (Å²) in [5.41, 5.74) is 1.03. The van der Waals surface area contributed by atoms with Crippen molar-refractivity contribution in [2.75, 3.05) is 0 Å². The SMILES string of the molecule is CC(C(=O)O)c1cc(S)cc(C=O)c1. The molecule has 0 radical (unpaired) electrons. The van der Waals surface area contributed by atoms with Crippen molar-refractivity contribution in [2.24, 2.45) is 0 Å². The van der Waals surface area contributed by atoms with E-state index < -0.39 is 11.9 Å². The first-order valence-electron chi connectivity index (χ1n) is 4.06. The third-order valence-corrected chi connectivity index (χ3v) is 2.23. The van der Waals surface area contributed by atoms with Crippen molar-refractivity contribution in [3.8, 4) is 0 Å². The standard InChI is InChI=1S/C10H10O3S/c1-6(10(12)13)8-2-7(5-11)3-9(14)4-8/h2-6,14H,1H3,(H,12,13). The zero-order valence-corrected chi connectivity index (χ0v) is 8.49. The van der Waals surface area contributed by atoms with Gasteiger partial charge in [-0.15, -0.1) is 12.6 Å². The minimum Gasteiger partial charge on any atom is -0.481 e. The van der Waals surface area contributed by atoms with E-state index in [-0.39, 0.29) is 0 Å². The molecule has 1 unspecified atom stereocenters. The van der Waals surface area contributed by atoms with Crippen LogP contribution in [0.2, 0.25) is 0 Å². The summed E-state index contributed by atoms with van der Waals surface area (Å²) in [6.45, 7) is 1.57. The van der Waals surface area contributed by atoms with E-state index in [9.17, 15) is 9.59 Å². The molecule has 0 saturated carbocycles. The van der Waals surface area contributed by atoms with Gasteiger partial charge in [-0.1, -0.05) is 0 Å². The molecular weight excluding hydrogens is 200 g/mol. The maximum atomic E-state index is 10.7. The Labute approximate surface area is 87.2 Å². The summed E-state index contributed by atoms with van der Waals surface area (Å²) < 4.78 is 0. The van der Waals surface area contributed by atoms with Gasteiger partial charge in [0.1, 0.15) is 6.29 Å². The number of carbonyl (C=O) groups is 2. The summed E-state index contributed by atoms with van der Waals surface area (Å²) >= 11 is 4.09. The van der Waals surface area contributed by atoms with Gasteiger partial charge in [0.25, 0.3) is 0 Å². The first-order valence-corrected chi connectivity index (χ1v) is 4.51. The molecular formula is C10H10O3S. The van der Waals surface area contributed by atoms with Crippen LogP contribution >= 0.6 is 12.6 Å². The predicted molar refractivity (Wildman–Crippen MR) is 55.1 cm³/mol. The van der Waals surface area contributed by atoms with Crippen molar-refractivity contribution in [2.45, 2.75) is 17.7 Å². The molecule has 0 fully saturated rings. The van der Waals surface area contributed by atoms with E-state index in [1.54, 1.807) is 25.1 Å². The highest BCUT2D eigenvalue weighted by molar-refractivity contribution is 7.80. The second-order valence-electron chi connectivity index (χ2n) is 3.04. The number of carboxylic acid groups (broad SMARTS) is 1. The van der Waals surface area contributed by atoms with Gasteiger partial charge in [-0.05, 0) is 30.7 Å². The van der Waals surface area contributed by atoms with Crippen molar-refractivity contribution < 1.29 is 14.7 Å². The summed E-state index contributed by atoms with van der Waals surface area (Å²) in [4.78, 5) is 21.8. The Hall–Kier alpha value is -1.29. The van der Waals surface area contributed by atoms with Gasteiger partial charge >= 0.3 is 5.97 Å². The largest absolute Gasteiger partial charge is 0.481 e. The van der Waals surface area contributed by atoms with Crippen LogP contribution in [0, 0.1) is 0 Å². The second kappa shape index (κ2) is 4.28. The average Bonchev–Trinajstić information content (AvgIpc) is 2.15. The van der Waals surface area contributed by atoms with E-state index in [0.717, 1.165) is 0 Å². The van der Waals surface area contributed by atoms with Gasteiger partial charge in [-0.2, -0.15) is 0 Å². The summed E-state index contributed by atoms with van der Waals surface area (Å²) in [7, 11) is 0. The van der Waals surface area contributed by atoms with Crippen molar-refractivity contribution in [1.82, 2.24) is 0 Å². The normalized spacial score (nSPS) is 12.1. The fraction of sp³-hybridized carbons (Fsp3) is 0.200. The molecule has 0 spiro atoms. The molecule has 1 aromatic carbocycles. The van der Waals surface area contributed by atoms with Crippen molar-refractivity contribution in [3.63, 3.8) is 0 Å². The molecule has 0 aliphatic heterocycles. The van der Waals surface area contributed by atoms with Crippen LogP contribution in [0.15, 0.2) is 23.1 Å². The number of benzene rings is 1. The summed E-state index contributed by atoms with van der Waals surface area (Å²) in [6, 6.07) is 4.80. The first-order chi connectivity index (χ1) is 6.54. The van der Waals surface area contributed by atoms with Gasteiger partial charge in [0.15, 0.2) is 0 Å². The number of rotatable bonds is 3. The van der Waals surface area contributed by atoms with Crippen LogP contribution in [0.25, 0.3) is 0 Å². The Kier molecular flexibility index (Phi) is 3.30. The van der Waals surface area contributed by atoms with E-state index in [2.05, 4.69) is 12.6 Å². The fourth-order valence-electron chi connectivity index (χ4n) is 1.12. The molecule has 74 valence electrons. The molecule has 0 aliphatic rings. The Balaban J connectivity index is 3.14. The fourth-order valence-corrected chi connectivity index (χ4v) is 1.42. The number of aldehydes is 1. The van der Waals surface area contributed by atoms with E-state index in [1.165, 1.54) is 0 Å². The summed E-state index contributed by atoms with van der Waals surface area (Å²) in [5.74, 6) is -1.54. The molecule has 1 N–H and O–H groups in total. The number of hydrogen-bond donors (Lipinski definition) is 2. The van der Waals surface area contributed by atoms with Gasteiger partial charge < -0.3 is 5.11 Å². The lowest BCUT2D eigenvalue weighted by molar-refractivity contribution is -0.138. The van der Waals surface area contributed by atoms with Gasteiger partial charge in [0, 0.05) is 10.5 Å². The van der Waals surface area contributed by atoms with Gasteiger partial charge in [0.05, 0.1) is 5.92 Å². The number of thiol groups is 1. The highest BCUT2D eigenvalue weighted by atomic mass is 32.1. The lowest BCUT2D eigenvalue weighted by Gasteiger charge is -2.07. The van der Waals surface area contributed by atoms with E-state index >= 15 is 0 Å². The number of aliphatic carboxylic acids is 1. The first kappa shape index (κ1) is 10.8. The molecule has 1 aromatic rings. The van der Waals surface area contributed by atoms with Crippen LogP contribution in [0.5, 0.6) is 0 Å². The molecule has 0 amide bonds. The van der Waals surface area contributed by atoms with E-state index in [1.807, 2.05) is 0 Å². The molecule has 0 saturated heterocycles. The molecule has 14 heavy (non-hydrogen) atoms. The van der Waals surface area contributed by atoms with E-state index in [0.29, 0.717) is 22.3 Å². The van der Waals surface area contributed by atoms with Gasteiger partial charge in [-0.3, -0.25) is 9.59 Å². The van der Waals surface area contributed by atoms with Crippen LogP contribution in [0.3, 0.4) is 0 Å². The molecule has 0 bridgehead atoms. The average molecular weight is 210 g/mol. The molecule has 4 heteroatoms. The topological polar surface area (TPSA) is 54.4 Å². The molecule has 1 atom stereocenters. The molecule has 0 heterocycles. The number of hydrogen-bond acceptors (Lipinski definition) is 3. The Morgan fingerprint density at radius 2 is 2.14 bits per heavy atom. The van der Waals surface area contributed by atoms with Crippen LogP contribution in [-0.4, -0.2) is 17.4 Å². The zero-order valence-electron chi connectivity index (χ0n) is 7.60. The van der Waals surface area contributed by atoms with Crippen LogP contribution in [0.4, 0.5) is 0 Å². The lowest BCUT2D eigenvalue weighted by Crippen LogP contribution is -2.07. The monoisotopic (exact) mass is 210 g/mol. The van der Waals surface area contributed by atoms with Gasteiger partial charge in [0.2, 0.25) is 0 Å². The van der Waals surface area contributed by atoms with Crippen molar-refractivity contribution >= 4 is 24.9 Å². The van der Waals surface area contributed by atoms with Crippen LogP contribution in [-0.2, 0) is 4.79 Å². The lowest BCUT2D eigenvalue weighted by atomic mass is 10.00. The number of carbonyl (C=O) groups excluding carboxylic acids is 1. The van der Waals surface area contributed by atoms with Crippen molar-refractivity contribution in [1.29, 1.82) is 0 Å². The Bertz CT molecular complexity index is 374. The quantitative estimate of drug-likeness (QED) is 0.592. The molecule has 0 aliphatic carbocycles. The smallest absolute Gasteiger partial charge is 0.310 e. The maximum Gasteiger partial charge on any atom is 0.310 e. The van der Waals surface area contributed by atoms with Gasteiger partial charge in [-0.25, -0.2) is 0 Å². The predicted octanol–water partition coefficient (Wildman–Crippen LogP) is 1.98. The number of carboxylic acids is 1. The molecule has 1 rings (SSSR count). The summed E-state index contributed by atoms with van der Waals surface area (Å²) in [6.07, 6.45) is 0.678. The third kappa shape index (κ3) is 2.35. The maximum absolute atomic E-state index is 10.7. The zero-order chi connectivity index (χ0) is 10.7.